The van der Waals surface area contributed by atoms with Gasteiger partial charge in [0.2, 0.25) is 5.91 Å². The average molecular weight is 467 g/mol. The second-order valence-corrected chi connectivity index (χ2v) is 8.04. The van der Waals surface area contributed by atoms with E-state index in [0.717, 1.165) is 0 Å². The van der Waals surface area contributed by atoms with Crippen LogP contribution in [0.3, 0.4) is 0 Å². The van der Waals surface area contributed by atoms with Crippen molar-refractivity contribution in [2.24, 2.45) is 0 Å². The third-order valence-electron chi connectivity index (χ3n) is 4.08. The van der Waals surface area contributed by atoms with Gasteiger partial charge in [-0.05, 0) is 42.5 Å². The second kappa shape index (κ2) is 10.1. The van der Waals surface area contributed by atoms with E-state index in [1.54, 1.807) is 22.8 Å². The summed E-state index contributed by atoms with van der Waals surface area (Å²) >= 11 is 13.4. The first-order valence-electron chi connectivity index (χ1n) is 8.91. The van der Waals surface area contributed by atoms with E-state index >= 15 is 0 Å². The maximum atomic E-state index is 13.1. The van der Waals surface area contributed by atoms with Crippen molar-refractivity contribution in [3.05, 3.63) is 69.7 Å². The van der Waals surface area contributed by atoms with Gasteiger partial charge in [0.05, 0.1) is 21.5 Å². The highest BCUT2D eigenvalue weighted by atomic mass is 35.5. The summed E-state index contributed by atoms with van der Waals surface area (Å²) in [6, 6.07) is 10.5. The number of thioether (sulfide) groups is 1. The molecule has 0 bridgehead atoms. The molecular weight excluding hydrogens is 450 g/mol. The number of nitrogens with zero attached hydrogens (tertiary/aromatic N) is 3. The maximum absolute atomic E-state index is 13.1. The molecule has 0 unspecified atom stereocenters. The van der Waals surface area contributed by atoms with Crippen LogP contribution in [0.1, 0.15) is 23.1 Å². The van der Waals surface area contributed by atoms with E-state index in [4.69, 9.17) is 23.2 Å². The summed E-state index contributed by atoms with van der Waals surface area (Å²) in [4.78, 5) is 23.6. The van der Waals surface area contributed by atoms with Crippen LogP contribution in [0.15, 0.2) is 47.6 Å². The predicted molar refractivity (Wildman–Crippen MR) is 115 cm³/mol. The molecular formula is C20H17Cl2FN4O2S. The Balaban J connectivity index is 1.84. The van der Waals surface area contributed by atoms with Gasteiger partial charge in [-0.1, -0.05) is 35.0 Å². The molecule has 0 aliphatic heterocycles. The number of aromatic nitrogens is 3. The Kier molecular flexibility index (Phi) is 7.47. The fraction of sp³-hybridized carbons (Fsp3) is 0.200. The Morgan fingerprint density at radius 3 is 2.50 bits per heavy atom. The summed E-state index contributed by atoms with van der Waals surface area (Å²) in [7, 11) is 0. The van der Waals surface area contributed by atoms with Crippen LogP contribution in [0.5, 0.6) is 0 Å². The number of hydrogen-bond acceptors (Lipinski definition) is 5. The molecule has 0 saturated carbocycles. The Morgan fingerprint density at radius 1 is 1.10 bits per heavy atom. The van der Waals surface area contributed by atoms with Crippen LogP contribution in [0.25, 0.3) is 5.69 Å². The number of Topliss-reactive ketones (excluding diaryl/α,β-unsaturated/α-hetero) is 1. The fourth-order valence-corrected chi connectivity index (χ4v) is 3.80. The minimum atomic E-state index is -0.401. The van der Waals surface area contributed by atoms with Crippen LogP contribution in [-0.4, -0.2) is 38.8 Å². The standard InChI is InChI=1S/C20H17Cl2FN4O2S/c1-12(28)24-9-8-19-25-26-20(27(19)15-6-7-16(21)17(22)10-15)30-11-18(29)13-2-4-14(23)5-3-13/h2-7,10H,8-9,11H2,1H3,(H,24,28). The lowest BCUT2D eigenvalue weighted by molar-refractivity contribution is -0.118. The first-order valence-corrected chi connectivity index (χ1v) is 10.6. The normalized spacial score (nSPS) is 10.8. The Labute approximate surface area is 186 Å². The van der Waals surface area contributed by atoms with E-state index < -0.39 is 5.82 Å². The lowest BCUT2D eigenvalue weighted by Crippen LogP contribution is -2.23. The molecule has 1 heterocycles. The number of rotatable bonds is 8. The van der Waals surface area contributed by atoms with Gasteiger partial charge in [-0.3, -0.25) is 14.2 Å². The number of carbonyl (C=O) groups excluding carboxylic acids is 2. The van der Waals surface area contributed by atoms with Gasteiger partial charge in [-0.15, -0.1) is 10.2 Å². The van der Waals surface area contributed by atoms with Crippen molar-refractivity contribution in [3.63, 3.8) is 0 Å². The Bertz CT molecular complexity index is 1070. The largest absolute Gasteiger partial charge is 0.356 e. The number of halogens is 3. The van der Waals surface area contributed by atoms with E-state index in [1.807, 2.05) is 0 Å². The minimum absolute atomic E-state index is 0.0940. The third kappa shape index (κ3) is 5.59. The number of hydrogen-bond donors (Lipinski definition) is 1. The molecule has 0 aliphatic rings. The van der Waals surface area contributed by atoms with Crippen molar-refractivity contribution in [2.75, 3.05) is 12.3 Å². The van der Waals surface area contributed by atoms with Crippen LogP contribution in [0, 0.1) is 5.82 Å². The fourth-order valence-electron chi connectivity index (χ4n) is 2.64. The van der Waals surface area contributed by atoms with Crippen molar-refractivity contribution in [1.82, 2.24) is 20.1 Å². The second-order valence-electron chi connectivity index (χ2n) is 6.28. The molecule has 0 fully saturated rings. The lowest BCUT2D eigenvalue weighted by atomic mass is 10.1. The Morgan fingerprint density at radius 2 is 1.83 bits per heavy atom. The lowest BCUT2D eigenvalue weighted by Gasteiger charge is -2.11. The van der Waals surface area contributed by atoms with E-state index in [0.29, 0.717) is 45.2 Å². The van der Waals surface area contributed by atoms with Crippen LogP contribution >= 0.6 is 35.0 Å². The summed E-state index contributed by atoms with van der Waals surface area (Å²) < 4.78 is 14.8. The maximum Gasteiger partial charge on any atom is 0.216 e. The molecule has 156 valence electrons. The van der Waals surface area contributed by atoms with Gasteiger partial charge < -0.3 is 5.32 Å². The third-order valence-corrected chi connectivity index (χ3v) is 5.75. The number of ketones is 1. The first kappa shape index (κ1) is 22.3. The van der Waals surface area contributed by atoms with Crippen molar-refractivity contribution in [2.45, 2.75) is 18.5 Å². The highest BCUT2D eigenvalue weighted by molar-refractivity contribution is 7.99. The van der Waals surface area contributed by atoms with Crippen molar-refractivity contribution in [3.8, 4) is 5.69 Å². The van der Waals surface area contributed by atoms with Crippen molar-refractivity contribution in [1.29, 1.82) is 0 Å². The minimum Gasteiger partial charge on any atom is -0.356 e. The van der Waals surface area contributed by atoms with Crippen molar-refractivity contribution >= 4 is 46.7 Å². The molecule has 0 saturated heterocycles. The first-order chi connectivity index (χ1) is 14.3. The number of amides is 1. The van der Waals surface area contributed by atoms with Gasteiger partial charge in [0.15, 0.2) is 10.9 Å². The molecule has 3 rings (SSSR count). The average Bonchev–Trinajstić information content (AvgIpc) is 3.11. The predicted octanol–water partition coefficient (Wildman–Crippen LogP) is 4.37. The van der Waals surface area contributed by atoms with E-state index in [1.165, 1.54) is 43.0 Å². The SMILES string of the molecule is CC(=O)NCCc1nnc(SCC(=O)c2ccc(F)cc2)n1-c1ccc(Cl)c(Cl)c1. The van der Waals surface area contributed by atoms with E-state index in [9.17, 15) is 14.0 Å². The van der Waals surface area contributed by atoms with Crippen LogP contribution in [0.4, 0.5) is 4.39 Å². The molecule has 1 aromatic heterocycles. The number of carbonyl (C=O) groups is 2. The van der Waals surface area contributed by atoms with Crippen LogP contribution < -0.4 is 5.32 Å². The molecule has 0 atom stereocenters. The smallest absolute Gasteiger partial charge is 0.216 e. The zero-order chi connectivity index (χ0) is 21.7. The highest BCUT2D eigenvalue weighted by Crippen LogP contribution is 2.28. The van der Waals surface area contributed by atoms with Gasteiger partial charge >= 0.3 is 0 Å². The van der Waals surface area contributed by atoms with E-state index in [2.05, 4.69) is 15.5 Å². The molecule has 10 heteroatoms. The molecule has 1 amide bonds. The number of nitrogens with one attached hydrogen (secondary N) is 1. The van der Waals surface area contributed by atoms with Gasteiger partial charge in [0, 0.05) is 25.5 Å². The van der Waals surface area contributed by atoms with Crippen molar-refractivity contribution < 1.29 is 14.0 Å². The summed E-state index contributed by atoms with van der Waals surface area (Å²) in [5, 5.41) is 12.4. The van der Waals surface area contributed by atoms with Crippen LogP contribution in [0.2, 0.25) is 10.0 Å². The summed E-state index contributed by atoms with van der Waals surface area (Å²) in [6.45, 7) is 1.82. The highest BCUT2D eigenvalue weighted by Gasteiger charge is 2.17. The molecule has 1 N–H and O–H groups in total. The molecule has 0 radical (unpaired) electrons. The van der Waals surface area contributed by atoms with Gasteiger partial charge in [0.25, 0.3) is 0 Å². The monoisotopic (exact) mass is 466 g/mol. The molecule has 30 heavy (non-hydrogen) atoms. The molecule has 0 aliphatic carbocycles. The topological polar surface area (TPSA) is 76.9 Å². The Hall–Kier alpha value is -2.42. The number of benzene rings is 2. The molecule has 0 spiro atoms. The molecule has 3 aromatic rings. The molecule has 6 nitrogen and oxygen atoms in total. The van der Waals surface area contributed by atoms with Gasteiger partial charge in [0.1, 0.15) is 11.6 Å². The zero-order valence-corrected chi connectivity index (χ0v) is 18.2. The summed E-state index contributed by atoms with van der Waals surface area (Å²) in [5.41, 5.74) is 1.10. The summed E-state index contributed by atoms with van der Waals surface area (Å²) in [6.07, 6.45) is 0.430. The molecule has 2 aromatic carbocycles. The zero-order valence-electron chi connectivity index (χ0n) is 15.9. The van der Waals surface area contributed by atoms with Gasteiger partial charge in [-0.25, -0.2) is 4.39 Å². The quantitative estimate of drug-likeness (QED) is 0.394. The van der Waals surface area contributed by atoms with Gasteiger partial charge in [-0.2, -0.15) is 0 Å². The van der Waals surface area contributed by atoms with E-state index in [-0.39, 0.29) is 17.4 Å². The summed E-state index contributed by atoms with van der Waals surface area (Å²) in [5.74, 6) is -0.0172. The van der Waals surface area contributed by atoms with Crippen LogP contribution in [-0.2, 0) is 11.2 Å².